The van der Waals surface area contributed by atoms with Crippen LogP contribution < -0.4 is 15.9 Å². The number of fused-ring (bicyclic) bond motifs is 11. The van der Waals surface area contributed by atoms with E-state index in [2.05, 4.69) is 121 Å². The van der Waals surface area contributed by atoms with Gasteiger partial charge in [0, 0.05) is 38.2 Å². The van der Waals surface area contributed by atoms with Crippen molar-refractivity contribution >= 4 is 33.8 Å². The molecule has 0 saturated carbocycles. The third-order valence-corrected chi connectivity index (χ3v) is 14.6. The summed E-state index contributed by atoms with van der Waals surface area (Å²) in [4.78, 5) is 11.1. The molecule has 8 aromatic carbocycles. The molecule has 4 heteroatoms. The Hall–Kier alpha value is -6.67. The number of rotatable bonds is 5. The van der Waals surface area contributed by atoms with Gasteiger partial charge in [-0.25, -0.2) is 9.97 Å². The Morgan fingerprint density at radius 1 is 0.400 bits per heavy atom. The van der Waals surface area contributed by atoms with Crippen LogP contribution in [0.4, 0.5) is 0 Å². The summed E-state index contributed by atoms with van der Waals surface area (Å²) >= 11 is 0. The molecule has 2 aliphatic rings. The van der Waals surface area contributed by atoms with Gasteiger partial charge in [0.15, 0.2) is 13.0 Å². The lowest BCUT2D eigenvalue weighted by Gasteiger charge is -2.32. The molecule has 3 nitrogen and oxygen atoms in total. The van der Waals surface area contributed by atoms with Gasteiger partial charge in [-0.3, -0.25) is 0 Å². The van der Waals surface area contributed by atoms with Crippen molar-refractivity contribution in [3.05, 3.63) is 222 Å². The molecule has 1 unspecified atom stereocenters. The van der Waals surface area contributed by atoms with Crippen LogP contribution in [0.15, 0.2) is 200 Å². The van der Waals surface area contributed by atoms with Crippen LogP contribution >= 0.6 is 7.14 Å². The number of benzene rings is 8. The van der Waals surface area contributed by atoms with Gasteiger partial charge in [0.25, 0.3) is 0 Å². The fraction of sp³-hybridized carbons (Fsp3) is 0.0196. The highest BCUT2D eigenvalue weighted by molar-refractivity contribution is 7.85. The van der Waals surface area contributed by atoms with E-state index in [4.69, 9.17) is 9.97 Å². The summed E-state index contributed by atoms with van der Waals surface area (Å²) in [6.07, 6.45) is 0. The van der Waals surface area contributed by atoms with Gasteiger partial charge in [-0.15, -0.1) is 0 Å². The first-order valence-corrected chi connectivity index (χ1v) is 20.4. The lowest BCUT2D eigenvalue weighted by atomic mass is 9.69. The second-order valence-electron chi connectivity index (χ2n) is 14.4. The summed E-state index contributed by atoms with van der Waals surface area (Å²) in [5, 5.41) is 4.71. The molecule has 55 heavy (non-hydrogen) atoms. The zero-order valence-corrected chi connectivity index (χ0v) is 30.7. The molecule has 1 spiro atoms. The van der Waals surface area contributed by atoms with E-state index in [-0.39, 0.29) is 0 Å². The highest BCUT2D eigenvalue weighted by Crippen LogP contribution is 2.64. The Labute approximate surface area is 320 Å². The average molecular weight is 721 g/mol. The zero-order valence-electron chi connectivity index (χ0n) is 29.8. The lowest BCUT2D eigenvalue weighted by molar-refractivity contribution is 0.592. The first-order valence-electron chi connectivity index (χ1n) is 18.7. The second-order valence-corrected chi connectivity index (χ2v) is 17.1. The van der Waals surface area contributed by atoms with Crippen LogP contribution in [0.5, 0.6) is 0 Å². The molecule has 0 saturated heterocycles. The van der Waals surface area contributed by atoms with E-state index in [1.165, 1.54) is 5.56 Å². The third-order valence-electron chi connectivity index (χ3n) is 11.6. The van der Waals surface area contributed by atoms with Gasteiger partial charge in [0.1, 0.15) is 0 Å². The first-order chi connectivity index (χ1) is 27.2. The quantitative estimate of drug-likeness (QED) is 0.166. The molecule has 11 rings (SSSR count). The van der Waals surface area contributed by atoms with E-state index in [9.17, 15) is 0 Å². The molecule has 0 amide bonds. The van der Waals surface area contributed by atoms with Crippen LogP contribution in [-0.2, 0) is 9.98 Å². The van der Waals surface area contributed by atoms with Crippen molar-refractivity contribution in [3.63, 3.8) is 0 Å². The molecule has 0 bridgehead atoms. The van der Waals surface area contributed by atoms with E-state index in [1.54, 1.807) is 0 Å². The predicted molar refractivity (Wildman–Crippen MR) is 226 cm³/mol. The summed E-state index contributed by atoms with van der Waals surface area (Å²) in [5.41, 5.74) is 10.9. The molecule has 1 aromatic heterocycles. The van der Waals surface area contributed by atoms with E-state index >= 15 is 4.57 Å². The van der Waals surface area contributed by atoms with Gasteiger partial charge in [0.2, 0.25) is 0 Å². The molecule has 1 heterocycles. The SMILES string of the molecule is O=P(c1ccccc1)(c1ccccc1)c1ccc2c(c1)C1(c3ccccc3-2)c2ccccc2-c2nc(-c3ccccc3)nc(-c3cccc4ccccc34)c21. The highest BCUT2D eigenvalue weighted by Gasteiger charge is 2.54. The Morgan fingerprint density at radius 3 is 1.62 bits per heavy atom. The fourth-order valence-corrected chi connectivity index (χ4v) is 11.9. The largest absolute Gasteiger partial charge is 0.309 e. The summed E-state index contributed by atoms with van der Waals surface area (Å²) < 4.78 is 16.0. The molecule has 0 aliphatic heterocycles. The first kappa shape index (κ1) is 31.8. The van der Waals surface area contributed by atoms with Gasteiger partial charge < -0.3 is 4.57 Å². The highest BCUT2D eigenvalue weighted by atomic mass is 31.2. The van der Waals surface area contributed by atoms with Crippen molar-refractivity contribution in [3.8, 4) is 45.0 Å². The molecular formula is C51H33N2OP. The lowest BCUT2D eigenvalue weighted by Crippen LogP contribution is -2.30. The summed E-state index contributed by atoms with van der Waals surface area (Å²) in [6, 6.07) is 69.3. The Balaban J connectivity index is 1.30. The van der Waals surface area contributed by atoms with Gasteiger partial charge >= 0.3 is 0 Å². The molecule has 0 radical (unpaired) electrons. The van der Waals surface area contributed by atoms with Gasteiger partial charge in [-0.1, -0.05) is 194 Å². The molecule has 1 atom stereocenters. The van der Waals surface area contributed by atoms with Gasteiger partial charge in [0.05, 0.1) is 16.8 Å². The number of nitrogens with zero attached hydrogens (tertiary/aromatic N) is 2. The Bertz CT molecular complexity index is 2970. The second kappa shape index (κ2) is 12.2. The monoisotopic (exact) mass is 720 g/mol. The Morgan fingerprint density at radius 2 is 0.909 bits per heavy atom. The summed E-state index contributed by atoms with van der Waals surface area (Å²) in [6.45, 7) is 0. The van der Waals surface area contributed by atoms with Crippen LogP contribution in [0.25, 0.3) is 55.8 Å². The van der Waals surface area contributed by atoms with Crippen LogP contribution in [-0.4, -0.2) is 9.97 Å². The van der Waals surface area contributed by atoms with Crippen molar-refractivity contribution in [1.29, 1.82) is 0 Å². The minimum Gasteiger partial charge on any atom is -0.309 e. The molecule has 258 valence electrons. The van der Waals surface area contributed by atoms with E-state index in [1.807, 2.05) is 78.9 Å². The maximum Gasteiger partial charge on any atom is 0.171 e. The smallest absolute Gasteiger partial charge is 0.171 e. The van der Waals surface area contributed by atoms with Gasteiger partial charge in [-0.2, -0.15) is 0 Å². The number of aromatic nitrogens is 2. The fourth-order valence-electron chi connectivity index (χ4n) is 9.25. The van der Waals surface area contributed by atoms with Crippen LogP contribution in [0, 0.1) is 0 Å². The molecular weight excluding hydrogens is 688 g/mol. The average Bonchev–Trinajstić information content (AvgIpc) is 3.73. The van der Waals surface area contributed by atoms with Crippen LogP contribution in [0.1, 0.15) is 22.3 Å². The van der Waals surface area contributed by atoms with Crippen molar-refractivity contribution in [2.45, 2.75) is 5.41 Å². The van der Waals surface area contributed by atoms with Crippen molar-refractivity contribution in [2.75, 3.05) is 0 Å². The maximum absolute atomic E-state index is 16.0. The standard InChI is InChI=1S/C51H33N2OP/c54-55(36-21-6-2-7-22-36,37-23-8-3-9-24-37)38-31-32-41-40-26-12-14-29-44(40)51(46(41)33-38)45-30-15-13-27-43(45)49-47(51)48(52-50(53-49)35-18-4-1-5-19-35)42-28-16-20-34-17-10-11-25-39(34)42/h1-33H. The van der Waals surface area contributed by atoms with E-state index < -0.39 is 12.6 Å². The van der Waals surface area contributed by atoms with Crippen molar-refractivity contribution in [1.82, 2.24) is 9.97 Å². The van der Waals surface area contributed by atoms with Gasteiger partial charge in [-0.05, 0) is 44.7 Å². The van der Waals surface area contributed by atoms with Crippen LogP contribution in [0.3, 0.4) is 0 Å². The number of hydrogen-bond donors (Lipinski definition) is 0. The summed E-state index contributed by atoms with van der Waals surface area (Å²) in [5.74, 6) is 0.687. The van der Waals surface area contributed by atoms with E-state index in [0.717, 1.165) is 82.6 Å². The topological polar surface area (TPSA) is 42.9 Å². The van der Waals surface area contributed by atoms with Crippen LogP contribution in [0.2, 0.25) is 0 Å². The normalized spacial score (nSPS) is 15.1. The van der Waals surface area contributed by atoms with E-state index in [0.29, 0.717) is 5.82 Å². The minimum absolute atomic E-state index is 0.687. The predicted octanol–water partition coefficient (Wildman–Crippen LogP) is 10.9. The zero-order chi connectivity index (χ0) is 36.6. The van der Waals surface area contributed by atoms with Crippen molar-refractivity contribution < 1.29 is 4.57 Å². The molecule has 9 aromatic rings. The third kappa shape index (κ3) is 4.48. The minimum atomic E-state index is -3.31. The molecule has 2 aliphatic carbocycles. The molecule has 0 N–H and O–H groups in total. The number of hydrogen-bond acceptors (Lipinski definition) is 3. The van der Waals surface area contributed by atoms with Crippen molar-refractivity contribution in [2.24, 2.45) is 0 Å². The Kier molecular flexibility index (Phi) is 7.05. The maximum atomic E-state index is 16.0. The molecule has 0 fully saturated rings. The summed E-state index contributed by atoms with van der Waals surface area (Å²) in [7, 11) is -3.31.